The molecule has 2 atom stereocenters. The third kappa shape index (κ3) is 3.79. The molecule has 0 radical (unpaired) electrons. The van der Waals surface area contributed by atoms with Crippen molar-refractivity contribution in [2.45, 2.75) is 26.8 Å². The average molecular weight is 380 g/mol. The summed E-state index contributed by atoms with van der Waals surface area (Å²) in [4.78, 5) is 23.3. The average Bonchev–Trinajstić information content (AvgIpc) is 2.88. The second-order valence-corrected chi connectivity index (χ2v) is 6.34. The SMILES string of the molecule is Cc1c(C(=O)NC(C)C(C)C(=O)O)cnn1-c1cccc(Br)c1. The van der Waals surface area contributed by atoms with E-state index in [4.69, 9.17) is 5.11 Å². The predicted octanol–water partition coefficient (Wildman–Crippen LogP) is 2.78. The minimum Gasteiger partial charge on any atom is -0.481 e. The fourth-order valence-electron chi connectivity index (χ4n) is 2.12. The van der Waals surface area contributed by atoms with Crippen LogP contribution >= 0.6 is 15.9 Å². The van der Waals surface area contributed by atoms with Crippen LogP contribution in [0.5, 0.6) is 0 Å². The summed E-state index contributed by atoms with van der Waals surface area (Å²) in [6.45, 7) is 5.03. The first kappa shape index (κ1) is 17.2. The number of aliphatic carboxylic acids is 1. The zero-order chi connectivity index (χ0) is 17.1. The number of carbonyl (C=O) groups is 2. The lowest BCUT2D eigenvalue weighted by atomic mass is 10.0. The van der Waals surface area contributed by atoms with Crippen LogP contribution in [0.2, 0.25) is 0 Å². The Hall–Kier alpha value is -2.15. The largest absolute Gasteiger partial charge is 0.481 e. The van der Waals surface area contributed by atoms with E-state index < -0.39 is 17.9 Å². The number of nitrogens with one attached hydrogen (secondary N) is 1. The highest BCUT2D eigenvalue weighted by Gasteiger charge is 2.23. The number of carboxylic acids is 1. The van der Waals surface area contributed by atoms with E-state index in [0.29, 0.717) is 11.3 Å². The van der Waals surface area contributed by atoms with Gasteiger partial charge in [-0.3, -0.25) is 9.59 Å². The molecule has 0 aliphatic heterocycles. The van der Waals surface area contributed by atoms with Gasteiger partial charge in [0.05, 0.1) is 29.1 Å². The van der Waals surface area contributed by atoms with Gasteiger partial charge in [-0.1, -0.05) is 22.0 Å². The standard InChI is InChI=1S/C16H18BrN3O3/c1-9(16(22)23)10(2)19-15(21)14-8-18-20(11(14)3)13-6-4-5-12(17)7-13/h4-10H,1-3H3,(H,19,21)(H,22,23). The van der Waals surface area contributed by atoms with Gasteiger partial charge in [0, 0.05) is 10.5 Å². The maximum Gasteiger partial charge on any atom is 0.308 e. The summed E-state index contributed by atoms with van der Waals surface area (Å²) < 4.78 is 2.59. The molecule has 2 N–H and O–H groups in total. The van der Waals surface area contributed by atoms with Crippen molar-refractivity contribution < 1.29 is 14.7 Å². The lowest BCUT2D eigenvalue weighted by molar-refractivity contribution is -0.141. The first-order valence-electron chi connectivity index (χ1n) is 7.15. The number of aromatic nitrogens is 2. The quantitative estimate of drug-likeness (QED) is 0.836. The van der Waals surface area contributed by atoms with Crippen molar-refractivity contribution >= 4 is 27.8 Å². The van der Waals surface area contributed by atoms with Crippen LogP contribution in [0.15, 0.2) is 34.9 Å². The van der Waals surface area contributed by atoms with E-state index in [9.17, 15) is 9.59 Å². The van der Waals surface area contributed by atoms with Gasteiger partial charge in [-0.15, -0.1) is 0 Å². The van der Waals surface area contributed by atoms with Crippen LogP contribution in [0.25, 0.3) is 5.69 Å². The molecule has 0 fully saturated rings. The van der Waals surface area contributed by atoms with Crippen molar-refractivity contribution in [1.82, 2.24) is 15.1 Å². The second-order valence-electron chi connectivity index (χ2n) is 5.42. The number of carbonyl (C=O) groups excluding carboxylic acids is 1. The fourth-order valence-corrected chi connectivity index (χ4v) is 2.51. The van der Waals surface area contributed by atoms with E-state index >= 15 is 0 Å². The van der Waals surface area contributed by atoms with Crippen molar-refractivity contribution in [3.63, 3.8) is 0 Å². The van der Waals surface area contributed by atoms with Crippen molar-refractivity contribution in [2.75, 3.05) is 0 Å². The Balaban J connectivity index is 2.22. The van der Waals surface area contributed by atoms with Crippen molar-refractivity contribution in [2.24, 2.45) is 5.92 Å². The Kier molecular flexibility index (Phi) is 5.20. The topological polar surface area (TPSA) is 84.2 Å². The van der Waals surface area contributed by atoms with Gasteiger partial charge in [0.25, 0.3) is 5.91 Å². The van der Waals surface area contributed by atoms with Crippen molar-refractivity contribution in [3.05, 3.63) is 46.2 Å². The summed E-state index contributed by atoms with van der Waals surface area (Å²) in [5, 5.41) is 16.0. The maximum atomic E-state index is 12.3. The first-order valence-corrected chi connectivity index (χ1v) is 7.94. The van der Waals surface area contributed by atoms with Crippen molar-refractivity contribution in [3.8, 4) is 5.69 Å². The number of hydrogen-bond donors (Lipinski definition) is 2. The maximum absolute atomic E-state index is 12.3. The highest BCUT2D eigenvalue weighted by Crippen LogP contribution is 2.18. The zero-order valence-electron chi connectivity index (χ0n) is 13.1. The van der Waals surface area contributed by atoms with Crippen LogP contribution in [0.4, 0.5) is 0 Å². The molecule has 7 heteroatoms. The van der Waals surface area contributed by atoms with Gasteiger partial charge < -0.3 is 10.4 Å². The first-order chi connectivity index (χ1) is 10.8. The number of halogens is 1. The van der Waals surface area contributed by atoms with Gasteiger partial charge in [0.1, 0.15) is 0 Å². The summed E-state index contributed by atoms with van der Waals surface area (Å²) >= 11 is 3.41. The van der Waals surface area contributed by atoms with Crippen LogP contribution in [0.1, 0.15) is 29.9 Å². The summed E-state index contributed by atoms with van der Waals surface area (Å²) in [5.41, 5.74) is 1.95. The fraction of sp³-hybridized carbons (Fsp3) is 0.312. The Morgan fingerprint density at radius 2 is 2.04 bits per heavy atom. The number of rotatable bonds is 5. The van der Waals surface area contributed by atoms with E-state index in [0.717, 1.165) is 10.2 Å². The minimum atomic E-state index is -0.945. The van der Waals surface area contributed by atoms with E-state index in [1.165, 1.54) is 6.20 Å². The molecule has 23 heavy (non-hydrogen) atoms. The minimum absolute atomic E-state index is 0.329. The normalized spacial score (nSPS) is 13.4. The molecule has 6 nitrogen and oxygen atoms in total. The predicted molar refractivity (Wildman–Crippen MR) is 89.7 cm³/mol. The molecule has 122 valence electrons. The molecule has 1 heterocycles. The zero-order valence-corrected chi connectivity index (χ0v) is 14.7. The molecule has 0 aliphatic rings. The molecule has 0 spiro atoms. The molecular formula is C16H18BrN3O3. The lowest BCUT2D eigenvalue weighted by Crippen LogP contribution is -2.40. The summed E-state index contributed by atoms with van der Waals surface area (Å²) in [5.74, 6) is -1.94. The molecule has 0 saturated heterocycles. The van der Waals surface area contributed by atoms with Crippen LogP contribution in [0, 0.1) is 12.8 Å². The molecule has 1 aromatic carbocycles. The number of benzene rings is 1. The number of hydrogen-bond acceptors (Lipinski definition) is 3. The molecule has 0 aliphatic carbocycles. The smallest absolute Gasteiger partial charge is 0.308 e. The third-order valence-corrected chi connectivity index (χ3v) is 4.30. The number of nitrogens with zero attached hydrogens (tertiary/aromatic N) is 2. The van der Waals surface area contributed by atoms with Crippen LogP contribution in [-0.2, 0) is 4.79 Å². The third-order valence-electron chi connectivity index (χ3n) is 3.81. The molecule has 2 rings (SSSR count). The Labute approximate surface area is 142 Å². The molecule has 1 aromatic heterocycles. The number of carboxylic acid groups (broad SMARTS) is 1. The van der Waals surface area contributed by atoms with Gasteiger partial charge in [0.2, 0.25) is 0 Å². The van der Waals surface area contributed by atoms with E-state index in [2.05, 4.69) is 26.3 Å². The number of amides is 1. The van der Waals surface area contributed by atoms with Gasteiger partial charge in [-0.2, -0.15) is 5.10 Å². The van der Waals surface area contributed by atoms with Crippen molar-refractivity contribution in [1.29, 1.82) is 0 Å². The lowest BCUT2D eigenvalue weighted by Gasteiger charge is -2.17. The van der Waals surface area contributed by atoms with Crippen LogP contribution in [0.3, 0.4) is 0 Å². The Morgan fingerprint density at radius 3 is 2.65 bits per heavy atom. The highest BCUT2D eigenvalue weighted by molar-refractivity contribution is 9.10. The van der Waals surface area contributed by atoms with Crippen LogP contribution < -0.4 is 5.32 Å². The monoisotopic (exact) mass is 379 g/mol. The van der Waals surface area contributed by atoms with E-state index in [1.54, 1.807) is 25.5 Å². The van der Waals surface area contributed by atoms with Gasteiger partial charge >= 0.3 is 5.97 Å². The second kappa shape index (κ2) is 6.95. The van der Waals surface area contributed by atoms with Gasteiger partial charge in [0.15, 0.2) is 0 Å². The Bertz CT molecular complexity index is 742. The molecule has 1 amide bonds. The molecule has 0 saturated carbocycles. The van der Waals surface area contributed by atoms with Gasteiger partial charge in [-0.05, 0) is 39.0 Å². The van der Waals surface area contributed by atoms with Crippen LogP contribution in [-0.4, -0.2) is 32.8 Å². The molecule has 2 aromatic rings. The summed E-state index contributed by atoms with van der Waals surface area (Å²) in [6, 6.07) is 7.11. The Morgan fingerprint density at radius 1 is 1.35 bits per heavy atom. The summed E-state index contributed by atoms with van der Waals surface area (Å²) in [7, 11) is 0. The van der Waals surface area contributed by atoms with Gasteiger partial charge in [-0.25, -0.2) is 4.68 Å². The summed E-state index contributed by atoms with van der Waals surface area (Å²) in [6.07, 6.45) is 1.49. The van der Waals surface area contributed by atoms with E-state index in [1.807, 2.05) is 24.3 Å². The van der Waals surface area contributed by atoms with E-state index in [-0.39, 0.29) is 5.91 Å². The molecular weight excluding hydrogens is 362 g/mol. The molecule has 0 bridgehead atoms. The molecule has 2 unspecified atom stereocenters. The highest BCUT2D eigenvalue weighted by atomic mass is 79.9.